The monoisotopic (exact) mass is 696 g/mol. The van der Waals surface area contributed by atoms with Crippen molar-refractivity contribution in [2.45, 2.75) is 16.3 Å². The highest BCUT2D eigenvalue weighted by molar-refractivity contribution is 7.87. The van der Waals surface area contributed by atoms with Crippen LogP contribution < -0.4 is 0 Å². The topological polar surface area (TPSA) is 86.7 Å². The zero-order chi connectivity index (χ0) is 35.5. The Labute approximate surface area is 291 Å². The molecule has 5 aromatic rings. The molecule has 0 heterocycles. The molecule has 0 radical (unpaired) electrons. The van der Waals surface area contributed by atoms with E-state index in [-0.39, 0.29) is 9.79 Å². The third kappa shape index (κ3) is 10.9. The Morgan fingerprint density at radius 2 is 0.857 bits per heavy atom. The Balaban J connectivity index is 0.000000418. The number of hydrogen-bond acceptors (Lipinski definition) is 6. The number of hydrogen-bond donors (Lipinski definition) is 0. The average Bonchev–Trinajstić information content (AvgIpc) is 3.10. The summed E-state index contributed by atoms with van der Waals surface area (Å²) in [7, 11) is 1.30. The molecule has 0 amide bonds. The van der Waals surface area contributed by atoms with E-state index in [0.717, 1.165) is 47.5 Å². The third-order valence-electron chi connectivity index (χ3n) is 7.38. The van der Waals surface area contributed by atoms with E-state index in [1.807, 2.05) is 60.7 Å². The van der Waals surface area contributed by atoms with Crippen LogP contribution in [0.4, 0.5) is 0 Å². The van der Waals surface area contributed by atoms with Gasteiger partial charge in [-0.3, -0.25) is 8.37 Å². The highest BCUT2D eigenvalue weighted by Gasteiger charge is 2.17. The van der Waals surface area contributed by atoms with E-state index in [4.69, 9.17) is 0 Å². The molecule has 9 heteroatoms. The van der Waals surface area contributed by atoms with E-state index in [1.165, 1.54) is 17.7 Å². The van der Waals surface area contributed by atoms with Crippen molar-refractivity contribution < 1.29 is 29.7 Å². The van der Waals surface area contributed by atoms with Crippen molar-refractivity contribution in [2.24, 2.45) is 0 Å². The summed E-state index contributed by atoms with van der Waals surface area (Å²) in [6, 6.07) is 39.7. The highest BCUT2D eigenvalue weighted by atomic mass is 32.2. The minimum Gasteiger partial charge on any atom is -0.327 e. The lowest BCUT2D eigenvalue weighted by Gasteiger charge is -2.23. The Morgan fingerprint density at radius 1 is 0.490 bits per heavy atom. The van der Waals surface area contributed by atoms with Gasteiger partial charge in [-0.2, -0.15) is 16.8 Å². The minimum absolute atomic E-state index is 0.119. The summed E-state index contributed by atoms with van der Waals surface area (Å²) in [5.41, 5.74) is 6.38. The van der Waals surface area contributed by atoms with Gasteiger partial charge in [-0.15, -0.1) is 0 Å². The van der Waals surface area contributed by atoms with Crippen LogP contribution in [0.5, 0.6) is 0 Å². The Morgan fingerprint density at radius 3 is 1.22 bits per heavy atom. The lowest BCUT2D eigenvalue weighted by atomic mass is 10.0. The second kappa shape index (κ2) is 16.6. The molecule has 0 N–H and O–H groups in total. The summed E-state index contributed by atoms with van der Waals surface area (Å²) in [5, 5.41) is 0. The lowest BCUT2D eigenvalue weighted by molar-refractivity contribution is -0.884. The molecule has 0 aliphatic rings. The molecule has 0 saturated carbocycles. The molecule has 254 valence electrons. The zero-order valence-electron chi connectivity index (χ0n) is 28.4. The first-order valence-corrected chi connectivity index (χ1v) is 18.3. The van der Waals surface area contributed by atoms with Gasteiger partial charge in [-0.05, 0) is 45.5 Å². The smallest absolute Gasteiger partial charge is 0.297 e. The first-order chi connectivity index (χ1) is 23.3. The van der Waals surface area contributed by atoms with E-state index >= 15 is 0 Å². The van der Waals surface area contributed by atoms with Gasteiger partial charge in [0.1, 0.15) is 16.3 Å². The summed E-state index contributed by atoms with van der Waals surface area (Å²) in [4.78, 5) is 0.238. The van der Waals surface area contributed by atoms with Gasteiger partial charge in [0.15, 0.2) is 0 Å². The molecule has 5 aromatic carbocycles. The standard InChI is InChI=1S/C30H26O6S2.C10H16N/c1-35-37(31,32)29-9-5-3-7-27(29)21-15-23-11-17-25(18-12-23)26-19-13-24(14-20-26)16-22-28-8-4-6-10-30(28)38(33,34)36-2;1-11(2,3)9-10-7-5-4-6-8-10/h3-22H,1-2H3;4-8H,9H2,1-3H3/q;+1/b21-15+,22-16+;. The lowest BCUT2D eigenvalue weighted by Crippen LogP contribution is -2.33. The molecule has 0 saturated heterocycles. The Bertz CT molecular complexity index is 1970. The van der Waals surface area contributed by atoms with E-state index in [1.54, 1.807) is 48.6 Å². The van der Waals surface area contributed by atoms with E-state index in [2.05, 4.69) is 59.8 Å². The SMILES string of the molecule is COS(=O)(=O)c1ccccc1/C=C/c1ccc(-c2ccc(/C=C/c3ccccc3S(=O)(=O)OC)cc2)cc1.C[N+](C)(C)Cc1ccccc1. The molecule has 0 bridgehead atoms. The molecule has 0 fully saturated rings. The van der Waals surface area contributed by atoms with Gasteiger partial charge >= 0.3 is 0 Å². The molecule has 0 unspecified atom stereocenters. The van der Waals surface area contributed by atoms with Crippen LogP contribution in [0.3, 0.4) is 0 Å². The van der Waals surface area contributed by atoms with Crippen molar-refractivity contribution in [1.29, 1.82) is 0 Å². The molecular weight excluding hydrogens is 655 g/mol. The Hall–Kier alpha value is -4.64. The number of nitrogens with zero attached hydrogens (tertiary/aromatic N) is 1. The van der Waals surface area contributed by atoms with E-state index in [9.17, 15) is 16.8 Å². The summed E-state index contributed by atoms with van der Waals surface area (Å²) in [6.45, 7) is 1.10. The van der Waals surface area contributed by atoms with Crippen molar-refractivity contribution in [3.05, 3.63) is 155 Å². The van der Waals surface area contributed by atoms with Crippen LogP contribution >= 0.6 is 0 Å². The summed E-state index contributed by atoms with van der Waals surface area (Å²) < 4.78 is 58.9. The normalized spacial score (nSPS) is 12.2. The van der Waals surface area contributed by atoms with Crippen LogP contribution in [0.1, 0.15) is 27.8 Å². The number of rotatable bonds is 11. The molecule has 0 aliphatic carbocycles. The van der Waals surface area contributed by atoms with Crippen LogP contribution in [0, 0.1) is 0 Å². The maximum absolute atomic E-state index is 12.1. The first kappa shape index (κ1) is 37.2. The summed E-state index contributed by atoms with van der Waals surface area (Å²) >= 11 is 0. The Kier molecular flexibility index (Phi) is 12.6. The number of benzene rings is 5. The van der Waals surface area contributed by atoms with Gasteiger partial charge in [-0.25, -0.2) is 0 Å². The van der Waals surface area contributed by atoms with Crippen molar-refractivity contribution in [1.82, 2.24) is 0 Å². The quantitative estimate of drug-likeness (QED) is 0.0786. The minimum atomic E-state index is -3.80. The summed E-state index contributed by atoms with van der Waals surface area (Å²) in [5.74, 6) is 0. The molecule has 0 aromatic heterocycles. The van der Waals surface area contributed by atoms with Crippen LogP contribution in [0.15, 0.2) is 137 Å². The second-order valence-electron chi connectivity index (χ2n) is 12.2. The molecule has 0 atom stereocenters. The van der Waals surface area contributed by atoms with E-state index in [0.29, 0.717) is 11.1 Å². The van der Waals surface area contributed by atoms with Crippen molar-refractivity contribution >= 4 is 44.5 Å². The fourth-order valence-electron chi connectivity index (χ4n) is 4.95. The highest BCUT2D eigenvalue weighted by Crippen LogP contribution is 2.24. The van der Waals surface area contributed by atoms with Gasteiger partial charge in [0, 0.05) is 5.56 Å². The third-order valence-corrected chi connectivity index (χ3v) is 10.1. The van der Waals surface area contributed by atoms with Crippen molar-refractivity contribution in [3.63, 3.8) is 0 Å². The van der Waals surface area contributed by atoms with Crippen LogP contribution in [-0.4, -0.2) is 56.7 Å². The van der Waals surface area contributed by atoms with E-state index < -0.39 is 20.2 Å². The second-order valence-corrected chi connectivity index (χ2v) is 15.5. The fourth-order valence-corrected chi connectivity index (χ4v) is 6.65. The van der Waals surface area contributed by atoms with Gasteiger partial charge < -0.3 is 4.48 Å². The van der Waals surface area contributed by atoms with Crippen LogP contribution in [0.2, 0.25) is 0 Å². The van der Waals surface area contributed by atoms with Crippen LogP contribution in [-0.2, 0) is 35.1 Å². The molecule has 0 aliphatic heterocycles. The van der Waals surface area contributed by atoms with Crippen molar-refractivity contribution in [2.75, 3.05) is 35.4 Å². The van der Waals surface area contributed by atoms with Gasteiger partial charge in [0.05, 0.1) is 35.4 Å². The van der Waals surface area contributed by atoms with Gasteiger partial charge in [0.2, 0.25) is 0 Å². The molecular formula is C40H42NO6S2+. The largest absolute Gasteiger partial charge is 0.327 e. The number of quaternary nitrogens is 1. The maximum atomic E-state index is 12.1. The predicted octanol–water partition coefficient (Wildman–Crippen LogP) is 8.26. The zero-order valence-corrected chi connectivity index (χ0v) is 30.0. The summed E-state index contributed by atoms with van der Waals surface area (Å²) in [6.07, 6.45) is 7.20. The molecule has 5 rings (SSSR count). The van der Waals surface area contributed by atoms with Crippen LogP contribution in [0.25, 0.3) is 35.4 Å². The van der Waals surface area contributed by atoms with Gasteiger partial charge in [-0.1, -0.05) is 140 Å². The molecule has 7 nitrogen and oxygen atoms in total. The first-order valence-electron chi connectivity index (χ1n) is 15.5. The average molecular weight is 697 g/mol. The van der Waals surface area contributed by atoms with Gasteiger partial charge in [0.25, 0.3) is 20.2 Å². The predicted molar refractivity (Wildman–Crippen MR) is 199 cm³/mol. The molecule has 0 spiro atoms. The fraction of sp³-hybridized carbons (Fsp3) is 0.150. The maximum Gasteiger partial charge on any atom is 0.297 e. The van der Waals surface area contributed by atoms with Crippen molar-refractivity contribution in [3.8, 4) is 11.1 Å². The molecule has 49 heavy (non-hydrogen) atoms.